The molecule has 9 nitrogen and oxygen atoms in total. The molecule has 214 valence electrons. The Hall–Kier alpha value is -4.40. The van der Waals surface area contributed by atoms with Gasteiger partial charge in [0.25, 0.3) is 5.82 Å². The lowest BCUT2D eigenvalue weighted by Crippen LogP contribution is -2.45. The first kappa shape index (κ1) is 28.1. The predicted molar refractivity (Wildman–Crippen MR) is 154 cm³/mol. The van der Waals surface area contributed by atoms with Crippen LogP contribution >= 0.6 is 0 Å². The molecule has 2 aliphatic heterocycles. The number of hydrogen-bond acceptors (Lipinski definition) is 5. The molecule has 0 saturated carbocycles. The Kier molecular flexibility index (Phi) is 7.01. The second-order valence-corrected chi connectivity index (χ2v) is 12.2. The van der Waals surface area contributed by atoms with Crippen LogP contribution in [-0.2, 0) is 33.5 Å². The fraction of sp³-hybridized carbons (Fsp3) is 0.375. The van der Waals surface area contributed by atoms with Gasteiger partial charge in [0.2, 0.25) is 0 Å². The van der Waals surface area contributed by atoms with Gasteiger partial charge in [0.1, 0.15) is 6.54 Å². The SMILES string of the molecule is CC1(C)CCN2CCC(C)(C)c3cc(/C=C/C=C/c4n(CC(=O)O)c5cc(C(=O)O)ccc5[n+]4CC(=O)[O-])cc1c32. The monoisotopic (exact) mass is 557 g/mol. The number of benzene rings is 2. The van der Waals surface area contributed by atoms with Gasteiger partial charge in [0.15, 0.2) is 17.6 Å². The van der Waals surface area contributed by atoms with Crippen molar-refractivity contribution in [2.75, 3.05) is 18.0 Å². The Morgan fingerprint density at radius 1 is 0.951 bits per heavy atom. The lowest BCUT2D eigenvalue weighted by atomic mass is 9.69. The average molecular weight is 558 g/mol. The summed E-state index contributed by atoms with van der Waals surface area (Å²) < 4.78 is 2.83. The molecule has 2 aliphatic rings. The second-order valence-electron chi connectivity index (χ2n) is 12.2. The van der Waals surface area contributed by atoms with Crippen molar-refractivity contribution in [3.05, 3.63) is 70.6 Å². The molecular weight excluding hydrogens is 522 g/mol. The van der Waals surface area contributed by atoms with E-state index in [0.717, 1.165) is 31.5 Å². The van der Waals surface area contributed by atoms with E-state index in [9.17, 15) is 29.7 Å². The van der Waals surface area contributed by atoms with Gasteiger partial charge in [-0.05, 0) is 64.6 Å². The number of aliphatic carboxylic acids is 2. The second kappa shape index (κ2) is 10.2. The Balaban J connectivity index is 1.58. The van der Waals surface area contributed by atoms with E-state index in [1.54, 1.807) is 12.2 Å². The molecule has 3 aromatic rings. The maximum Gasteiger partial charge on any atom is 0.346 e. The first-order valence-electron chi connectivity index (χ1n) is 13.8. The summed E-state index contributed by atoms with van der Waals surface area (Å²) in [4.78, 5) is 37.4. The lowest BCUT2D eigenvalue weighted by Gasteiger charge is -2.48. The van der Waals surface area contributed by atoms with Crippen molar-refractivity contribution in [1.29, 1.82) is 0 Å². The highest BCUT2D eigenvalue weighted by Gasteiger charge is 2.39. The number of allylic oxidation sites excluding steroid dienone is 2. The molecule has 0 radical (unpaired) electrons. The molecule has 0 fully saturated rings. The number of nitrogens with zero attached hydrogens (tertiary/aromatic N) is 3. The molecule has 5 rings (SSSR count). The number of imidazole rings is 1. The van der Waals surface area contributed by atoms with Crippen molar-refractivity contribution in [2.24, 2.45) is 0 Å². The normalized spacial score (nSPS) is 17.3. The number of fused-ring (bicyclic) bond motifs is 1. The van der Waals surface area contributed by atoms with E-state index in [2.05, 4.69) is 44.7 Å². The smallest absolute Gasteiger partial charge is 0.346 e. The minimum Gasteiger partial charge on any atom is -0.546 e. The van der Waals surface area contributed by atoms with Crippen LogP contribution in [0.2, 0.25) is 0 Å². The Bertz CT molecular complexity index is 1600. The van der Waals surface area contributed by atoms with E-state index in [1.807, 2.05) is 12.2 Å². The molecule has 0 saturated heterocycles. The summed E-state index contributed by atoms with van der Waals surface area (Å²) >= 11 is 0. The summed E-state index contributed by atoms with van der Waals surface area (Å²) in [5.74, 6) is -3.35. The number of aromatic nitrogens is 2. The summed E-state index contributed by atoms with van der Waals surface area (Å²) in [6, 6.07) is 8.70. The van der Waals surface area contributed by atoms with Gasteiger partial charge in [-0.1, -0.05) is 45.9 Å². The van der Waals surface area contributed by atoms with Crippen LogP contribution in [0.1, 0.15) is 73.4 Å². The Labute approximate surface area is 238 Å². The minimum absolute atomic E-state index is 0.0292. The summed E-state index contributed by atoms with van der Waals surface area (Å²) in [7, 11) is 0. The van der Waals surface area contributed by atoms with E-state index in [0.29, 0.717) is 16.9 Å². The van der Waals surface area contributed by atoms with E-state index >= 15 is 0 Å². The van der Waals surface area contributed by atoms with Crippen molar-refractivity contribution < 1.29 is 34.3 Å². The molecule has 0 atom stereocenters. The van der Waals surface area contributed by atoms with Gasteiger partial charge in [-0.3, -0.25) is 0 Å². The Morgan fingerprint density at radius 2 is 1.56 bits per heavy atom. The minimum atomic E-state index is -1.35. The van der Waals surface area contributed by atoms with Crippen molar-refractivity contribution in [1.82, 2.24) is 4.57 Å². The van der Waals surface area contributed by atoms with E-state index in [-0.39, 0.29) is 16.4 Å². The van der Waals surface area contributed by atoms with Gasteiger partial charge in [-0.15, -0.1) is 0 Å². The van der Waals surface area contributed by atoms with Crippen LogP contribution in [-0.4, -0.2) is 45.8 Å². The van der Waals surface area contributed by atoms with E-state index in [4.69, 9.17) is 0 Å². The van der Waals surface area contributed by atoms with Crippen molar-refractivity contribution in [2.45, 2.75) is 64.5 Å². The van der Waals surface area contributed by atoms with Crippen LogP contribution in [0.25, 0.3) is 23.2 Å². The van der Waals surface area contributed by atoms with Gasteiger partial charge in [0.05, 0.1) is 11.5 Å². The fourth-order valence-corrected chi connectivity index (χ4v) is 6.14. The maximum absolute atomic E-state index is 11.7. The topological polar surface area (TPSA) is 127 Å². The largest absolute Gasteiger partial charge is 0.546 e. The number of carboxylic acids is 3. The Morgan fingerprint density at radius 3 is 2.12 bits per heavy atom. The molecule has 2 aromatic carbocycles. The molecule has 0 unspecified atom stereocenters. The molecule has 0 bridgehead atoms. The summed E-state index contributed by atoms with van der Waals surface area (Å²) in [6.07, 6.45) is 9.41. The number of anilines is 1. The first-order valence-corrected chi connectivity index (χ1v) is 13.8. The van der Waals surface area contributed by atoms with Gasteiger partial charge in [-0.2, -0.15) is 0 Å². The van der Waals surface area contributed by atoms with Gasteiger partial charge < -0.3 is 25.0 Å². The highest BCUT2D eigenvalue weighted by atomic mass is 16.4. The number of carbonyl (C=O) groups is 3. The highest BCUT2D eigenvalue weighted by molar-refractivity contribution is 5.92. The van der Waals surface area contributed by atoms with E-state index < -0.39 is 31.0 Å². The quantitative estimate of drug-likeness (QED) is 0.321. The lowest BCUT2D eigenvalue weighted by molar-refractivity contribution is -0.668. The van der Waals surface area contributed by atoms with Crippen molar-refractivity contribution >= 4 is 46.8 Å². The highest BCUT2D eigenvalue weighted by Crippen LogP contribution is 2.49. The van der Waals surface area contributed by atoms with Gasteiger partial charge in [-0.25, -0.2) is 18.7 Å². The number of rotatable bonds is 8. The number of carbonyl (C=O) groups excluding carboxylic acids is 1. The van der Waals surface area contributed by atoms with Crippen LogP contribution in [0.4, 0.5) is 5.69 Å². The maximum atomic E-state index is 11.7. The van der Waals surface area contributed by atoms with Crippen LogP contribution in [0.15, 0.2) is 42.5 Å². The fourth-order valence-electron chi connectivity index (χ4n) is 6.14. The summed E-state index contributed by atoms with van der Waals surface area (Å²) in [5.41, 5.74) is 5.90. The molecule has 1 aromatic heterocycles. The molecule has 0 amide bonds. The third-order valence-corrected chi connectivity index (χ3v) is 8.50. The number of carboxylic acid groups (broad SMARTS) is 3. The predicted octanol–water partition coefficient (Wildman–Crippen LogP) is 3.36. The zero-order valence-electron chi connectivity index (χ0n) is 23.8. The molecule has 3 heterocycles. The summed E-state index contributed by atoms with van der Waals surface area (Å²) in [5, 5.41) is 30.6. The van der Waals surface area contributed by atoms with E-state index in [1.165, 1.54) is 44.1 Å². The van der Waals surface area contributed by atoms with Gasteiger partial charge >= 0.3 is 11.9 Å². The first-order chi connectivity index (χ1) is 19.3. The zero-order valence-corrected chi connectivity index (χ0v) is 23.8. The van der Waals surface area contributed by atoms with Gasteiger partial charge in [0, 0.05) is 30.9 Å². The third kappa shape index (κ3) is 5.24. The van der Waals surface area contributed by atoms with Crippen LogP contribution in [0, 0.1) is 0 Å². The molecule has 0 spiro atoms. The van der Waals surface area contributed by atoms with Crippen molar-refractivity contribution in [3.8, 4) is 0 Å². The van der Waals surface area contributed by atoms with Crippen LogP contribution in [0.3, 0.4) is 0 Å². The molecule has 41 heavy (non-hydrogen) atoms. The van der Waals surface area contributed by atoms with Crippen LogP contribution in [0.5, 0.6) is 0 Å². The molecule has 0 aliphatic carbocycles. The third-order valence-electron chi connectivity index (χ3n) is 8.50. The number of hydrogen-bond donors (Lipinski definition) is 2. The molecule has 2 N–H and O–H groups in total. The van der Waals surface area contributed by atoms with Crippen LogP contribution < -0.4 is 14.6 Å². The molecular formula is C32H35N3O6. The standard InChI is InChI=1S/C32H35N3O6/c1-31(2)11-13-33-14-12-32(3,4)23-16-20(15-22(31)29(23)33)7-5-6-8-26-34(18-27(36)37)24-10-9-21(30(40)41)17-25(24)35(26)19-28(38)39/h5-10,15-17H,11-14,18-19H2,1-4H3,(H2-,36,37,38,39,40,41). The summed E-state index contributed by atoms with van der Waals surface area (Å²) in [6.45, 7) is 10.3. The zero-order chi connectivity index (χ0) is 29.7. The molecule has 9 heteroatoms. The average Bonchev–Trinajstić information content (AvgIpc) is 3.16. The van der Waals surface area contributed by atoms with Crippen molar-refractivity contribution in [3.63, 3.8) is 0 Å². The number of aromatic carboxylic acids is 1.